The molecule has 4 nitrogen and oxygen atoms in total. The fourth-order valence-corrected chi connectivity index (χ4v) is 2.81. The summed E-state index contributed by atoms with van der Waals surface area (Å²) in [5.41, 5.74) is 3.42. The van der Waals surface area contributed by atoms with Crippen molar-refractivity contribution in [1.82, 2.24) is 0 Å². The molecule has 0 saturated heterocycles. The van der Waals surface area contributed by atoms with Gasteiger partial charge in [0.05, 0.1) is 0 Å². The smallest absolute Gasteiger partial charge is 0.255 e. The summed E-state index contributed by atoms with van der Waals surface area (Å²) in [5, 5.41) is 5.66. The van der Waals surface area contributed by atoms with Gasteiger partial charge in [-0.15, -0.1) is 0 Å². The van der Waals surface area contributed by atoms with E-state index in [4.69, 9.17) is 0 Å². The highest BCUT2D eigenvalue weighted by Crippen LogP contribution is 2.17. The van der Waals surface area contributed by atoms with Crippen molar-refractivity contribution in [3.05, 3.63) is 94.0 Å². The zero-order valence-corrected chi connectivity index (χ0v) is 15.7. The molecular formula is C21H17BrN2O2. The predicted octanol–water partition coefficient (Wildman–Crippen LogP) is 5.26. The lowest BCUT2D eigenvalue weighted by Gasteiger charge is -2.09. The lowest BCUT2D eigenvalue weighted by atomic mass is 10.1. The molecule has 0 heterocycles. The summed E-state index contributed by atoms with van der Waals surface area (Å²) in [6.07, 6.45) is 0. The molecule has 3 aromatic rings. The second-order valence-corrected chi connectivity index (χ2v) is 6.78. The van der Waals surface area contributed by atoms with Gasteiger partial charge >= 0.3 is 0 Å². The SMILES string of the molecule is Cc1ccc(NC(=O)c2cccc(NC(=O)c3cccc(Br)c3)c2)cc1. The Morgan fingerprint density at radius 2 is 1.31 bits per heavy atom. The number of aryl methyl sites for hydroxylation is 1. The molecule has 3 aromatic carbocycles. The topological polar surface area (TPSA) is 58.2 Å². The molecule has 0 unspecified atom stereocenters. The molecule has 0 radical (unpaired) electrons. The molecule has 2 amide bonds. The van der Waals surface area contributed by atoms with Crippen molar-refractivity contribution in [2.24, 2.45) is 0 Å². The van der Waals surface area contributed by atoms with E-state index in [0.29, 0.717) is 16.8 Å². The van der Waals surface area contributed by atoms with E-state index < -0.39 is 0 Å². The van der Waals surface area contributed by atoms with Crippen molar-refractivity contribution >= 4 is 39.1 Å². The van der Waals surface area contributed by atoms with E-state index in [2.05, 4.69) is 26.6 Å². The second kappa shape index (κ2) is 7.97. The van der Waals surface area contributed by atoms with Gasteiger partial charge in [0.1, 0.15) is 0 Å². The number of hydrogen-bond acceptors (Lipinski definition) is 2. The summed E-state index contributed by atoms with van der Waals surface area (Å²) in [4.78, 5) is 24.8. The van der Waals surface area contributed by atoms with Crippen LogP contribution in [0.4, 0.5) is 11.4 Å². The Labute approximate surface area is 160 Å². The first-order chi connectivity index (χ1) is 12.5. The van der Waals surface area contributed by atoms with E-state index in [1.165, 1.54) is 0 Å². The lowest BCUT2D eigenvalue weighted by Crippen LogP contribution is -2.14. The Morgan fingerprint density at radius 3 is 1.96 bits per heavy atom. The van der Waals surface area contributed by atoms with Gasteiger partial charge in [0.25, 0.3) is 11.8 Å². The van der Waals surface area contributed by atoms with Crippen LogP contribution in [-0.2, 0) is 0 Å². The Kier molecular flexibility index (Phi) is 5.49. The van der Waals surface area contributed by atoms with Gasteiger partial charge in [-0.05, 0) is 55.5 Å². The van der Waals surface area contributed by atoms with Crippen molar-refractivity contribution < 1.29 is 9.59 Å². The molecule has 0 aliphatic carbocycles. The molecule has 3 rings (SSSR count). The number of rotatable bonds is 4. The van der Waals surface area contributed by atoms with E-state index in [-0.39, 0.29) is 11.8 Å². The maximum atomic E-state index is 12.4. The van der Waals surface area contributed by atoms with Crippen LogP contribution in [0.15, 0.2) is 77.3 Å². The van der Waals surface area contributed by atoms with Crippen molar-refractivity contribution in [3.63, 3.8) is 0 Å². The average Bonchev–Trinajstić information content (AvgIpc) is 2.64. The Bertz CT molecular complexity index is 952. The largest absolute Gasteiger partial charge is 0.322 e. The summed E-state index contributed by atoms with van der Waals surface area (Å²) < 4.78 is 0.830. The maximum Gasteiger partial charge on any atom is 0.255 e. The maximum absolute atomic E-state index is 12.4. The number of benzene rings is 3. The highest BCUT2D eigenvalue weighted by Gasteiger charge is 2.10. The van der Waals surface area contributed by atoms with Crippen LogP contribution in [0.25, 0.3) is 0 Å². The number of nitrogens with one attached hydrogen (secondary N) is 2. The molecular weight excluding hydrogens is 392 g/mol. The van der Waals surface area contributed by atoms with Crippen LogP contribution in [0.1, 0.15) is 26.3 Å². The van der Waals surface area contributed by atoms with E-state index in [0.717, 1.165) is 15.7 Å². The lowest BCUT2D eigenvalue weighted by molar-refractivity contribution is 0.101. The minimum absolute atomic E-state index is 0.229. The molecule has 0 aromatic heterocycles. The summed E-state index contributed by atoms with van der Waals surface area (Å²) in [5.74, 6) is -0.463. The monoisotopic (exact) mass is 408 g/mol. The van der Waals surface area contributed by atoms with Crippen LogP contribution < -0.4 is 10.6 Å². The van der Waals surface area contributed by atoms with Gasteiger partial charge < -0.3 is 10.6 Å². The quantitative estimate of drug-likeness (QED) is 0.618. The van der Waals surface area contributed by atoms with Gasteiger partial charge in [0.15, 0.2) is 0 Å². The van der Waals surface area contributed by atoms with Gasteiger partial charge in [-0.1, -0.05) is 45.8 Å². The molecule has 0 aliphatic rings. The predicted molar refractivity (Wildman–Crippen MR) is 108 cm³/mol. The minimum atomic E-state index is -0.234. The highest BCUT2D eigenvalue weighted by molar-refractivity contribution is 9.10. The Hall–Kier alpha value is -2.92. The van der Waals surface area contributed by atoms with Crippen molar-refractivity contribution in [1.29, 1.82) is 0 Å². The molecule has 0 bridgehead atoms. The average molecular weight is 409 g/mol. The third-order valence-electron chi connectivity index (χ3n) is 3.78. The number of carbonyl (C=O) groups excluding carboxylic acids is 2. The van der Waals surface area contributed by atoms with E-state index in [9.17, 15) is 9.59 Å². The van der Waals surface area contributed by atoms with Crippen LogP contribution in [0.5, 0.6) is 0 Å². The van der Waals surface area contributed by atoms with Crippen molar-refractivity contribution in [3.8, 4) is 0 Å². The summed E-state index contributed by atoms with van der Waals surface area (Å²) in [6.45, 7) is 1.99. The van der Waals surface area contributed by atoms with E-state index >= 15 is 0 Å². The zero-order valence-electron chi connectivity index (χ0n) is 14.1. The normalized spacial score (nSPS) is 10.2. The van der Waals surface area contributed by atoms with E-state index in [1.54, 1.807) is 42.5 Å². The summed E-state index contributed by atoms with van der Waals surface area (Å²) in [6, 6.07) is 21.5. The first-order valence-electron chi connectivity index (χ1n) is 8.06. The van der Waals surface area contributed by atoms with Crippen LogP contribution in [0.2, 0.25) is 0 Å². The summed E-state index contributed by atoms with van der Waals surface area (Å²) in [7, 11) is 0. The third kappa shape index (κ3) is 4.58. The van der Waals surface area contributed by atoms with Crippen LogP contribution in [-0.4, -0.2) is 11.8 Å². The van der Waals surface area contributed by atoms with Gasteiger partial charge in [0, 0.05) is 27.0 Å². The Morgan fingerprint density at radius 1 is 0.731 bits per heavy atom. The highest BCUT2D eigenvalue weighted by atomic mass is 79.9. The molecule has 0 fully saturated rings. The number of halogens is 1. The Balaban J connectivity index is 1.72. The molecule has 0 spiro atoms. The van der Waals surface area contributed by atoms with Crippen molar-refractivity contribution in [2.45, 2.75) is 6.92 Å². The second-order valence-electron chi connectivity index (χ2n) is 5.87. The van der Waals surface area contributed by atoms with Gasteiger partial charge in [-0.25, -0.2) is 0 Å². The minimum Gasteiger partial charge on any atom is -0.322 e. The van der Waals surface area contributed by atoms with Crippen LogP contribution >= 0.6 is 15.9 Å². The van der Waals surface area contributed by atoms with E-state index in [1.807, 2.05) is 37.3 Å². The van der Waals surface area contributed by atoms with Crippen molar-refractivity contribution in [2.75, 3.05) is 10.6 Å². The third-order valence-corrected chi connectivity index (χ3v) is 4.27. The molecule has 130 valence electrons. The van der Waals surface area contributed by atoms with Crippen LogP contribution in [0, 0.1) is 6.92 Å². The molecule has 2 N–H and O–H groups in total. The summed E-state index contributed by atoms with van der Waals surface area (Å²) >= 11 is 3.35. The number of carbonyl (C=O) groups is 2. The first-order valence-corrected chi connectivity index (χ1v) is 8.85. The molecule has 0 aliphatic heterocycles. The van der Waals surface area contributed by atoms with Gasteiger partial charge in [-0.3, -0.25) is 9.59 Å². The fourth-order valence-electron chi connectivity index (χ4n) is 2.41. The van der Waals surface area contributed by atoms with Crippen LogP contribution in [0.3, 0.4) is 0 Å². The number of amides is 2. The number of hydrogen-bond donors (Lipinski definition) is 2. The molecule has 26 heavy (non-hydrogen) atoms. The van der Waals surface area contributed by atoms with Gasteiger partial charge in [-0.2, -0.15) is 0 Å². The number of anilines is 2. The molecule has 5 heteroatoms. The molecule has 0 atom stereocenters. The standard InChI is InChI=1S/C21H17BrN2O2/c1-14-8-10-18(11-9-14)23-21(26)16-5-3-7-19(13-16)24-20(25)15-4-2-6-17(22)12-15/h2-13H,1H3,(H,23,26)(H,24,25). The molecule has 0 saturated carbocycles. The first kappa shape index (κ1) is 17.9. The van der Waals surface area contributed by atoms with Gasteiger partial charge in [0.2, 0.25) is 0 Å². The fraction of sp³-hybridized carbons (Fsp3) is 0.0476. The zero-order chi connectivity index (χ0) is 18.5.